The Morgan fingerprint density at radius 1 is 1.07 bits per heavy atom. The first-order valence-electron chi connectivity index (χ1n) is 4.95. The van der Waals surface area contributed by atoms with E-state index in [0.717, 1.165) is 24.3 Å². The van der Waals surface area contributed by atoms with Gasteiger partial charge in [-0.2, -0.15) is 0 Å². The van der Waals surface area contributed by atoms with Gasteiger partial charge in [-0.05, 0) is 48.1 Å². The number of fused-ring (bicyclic) bond motifs is 2. The van der Waals surface area contributed by atoms with Crippen LogP contribution < -0.4 is 9.47 Å². The first-order chi connectivity index (χ1) is 6.84. The third-order valence-corrected chi connectivity index (χ3v) is 2.90. The average molecular weight is 188 g/mol. The van der Waals surface area contributed by atoms with Crippen LogP contribution in [0.2, 0.25) is 0 Å². The highest BCUT2D eigenvalue weighted by molar-refractivity contribution is 5.71. The summed E-state index contributed by atoms with van der Waals surface area (Å²) >= 11 is 0. The molecular weight excluding hydrogens is 176 g/mol. The first-order valence-corrected chi connectivity index (χ1v) is 4.95. The van der Waals surface area contributed by atoms with Crippen LogP contribution in [0.15, 0.2) is 18.7 Å². The summed E-state index contributed by atoms with van der Waals surface area (Å²) in [6, 6.07) is 4.17. The van der Waals surface area contributed by atoms with Gasteiger partial charge in [0.1, 0.15) is 0 Å². The summed E-state index contributed by atoms with van der Waals surface area (Å²) in [6.07, 6.45) is 3.43. The smallest absolute Gasteiger partial charge is 0.231 e. The molecule has 0 amide bonds. The maximum Gasteiger partial charge on any atom is 0.231 e. The first kappa shape index (κ1) is 7.92. The van der Waals surface area contributed by atoms with Crippen molar-refractivity contribution in [2.24, 2.45) is 0 Å². The molecule has 0 saturated carbocycles. The summed E-state index contributed by atoms with van der Waals surface area (Å²) in [5.41, 5.74) is 3.84. The zero-order chi connectivity index (χ0) is 9.54. The summed E-state index contributed by atoms with van der Waals surface area (Å²) < 4.78 is 10.7. The van der Waals surface area contributed by atoms with Gasteiger partial charge in [0.25, 0.3) is 0 Å². The molecule has 0 unspecified atom stereocenters. The number of aryl methyl sites for hydroxylation is 1. The van der Waals surface area contributed by atoms with Crippen molar-refractivity contribution in [3.63, 3.8) is 0 Å². The van der Waals surface area contributed by atoms with Crippen LogP contribution in [0.3, 0.4) is 0 Å². The van der Waals surface area contributed by atoms with Crippen LogP contribution in [0.1, 0.15) is 24.0 Å². The molecule has 0 aromatic heterocycles. The molecule has 2 nitrogen and oxygen atoms in total. The Morgan fingerprint density at radius 3 is 2.71 bits per heavy atom. The molecule has 14 heavy (non-hydrogen) atoms. The van der Waals surface area contributed by atoms with Crippen molar-refractivity contribution in [3.05, 3.63) is 29.8 Å². The lowest BCUT2D eigenvalue weighted by Crippen LogP contribution is -2.00. The summed E-state index contributed by atoms with van der Waals surface area (Å²) in [5, 5.41) is 0. The zero-order valence-corrected chi connectivity index (χ0v) is 8.01. The summed E-state index contributed by atoms with van der Waals surface area (Å²) in [5.74, 6) is 1.75. The van der Waals surface area contributed by atoms with Crippen LogP contribution in [-0.4, -0.2) is 6.79 Å². The third kappa shape index (κ3) is 1.03. The Kier molecular flexibility index (Phi) is 1.57. The Hall–Kier alpha value is -1.44. The molecular formula is C12H12O2. The van der Waals surface area contributed by atoms with Crippen LogP contribution in [0.25, 0.3) is 5.57 Å². The fourth-order valence-electron chi connectivity index (χ4n) is 2.15. The van der Waals surface area contributed by atoms with E-state index < -0.39 is 0 Å². The normalized spacial score (nSPS) is 18.1. The highest BCUT2D eigenvalue weighted by atomic mass is 16.7. The fraction of sp³-hybridized carbons (Fsp3) is 0.333. The molecule has 0 radical (unpaired) electrons. The van der Waals surface area contributed by atoms with Gasteiger partial charge in [0, 0.05) is 0 Å². The van der Waals surface area contributed by atoms with E-state index in [-0.39, 0.29) is 0 Å². The van der Waals surface area contributed by atoms with E-state index in [4.69, 9.17) is 9.47 Å². The van der Waals surface area contributed by atoms with Crippen molar-refractivity contribution >= 4 is 5.57 Å². The maximum atomic E-state index is 5.35. The van der Waals surface area contributed by atoms with E-state index in [0.29, 0.717) is 6.79 Å². The van der Waals surface area contributed by atoms with Gasteiger partial charge in [-0.3, -0.25) is 0 Å². The minimum absolute atomic E-state index is 0.352. The number of benzene rings is 1. The lowest BCUT2D eigenvalue weighted by Gasteiger charge is -2.18. The third-order valence-electron chi connectivity index (χ3n) is 2.90. The Bertz CT molecular complexity index is 407. The number of hydrogen-bond acceptors (Lipinski definition) is 2. The van der Waals surface area contributed by atoms with Gasteiger partial charge >= 0.3 is 0 Å². The lowest BCUT2D eigenvalue weighted by atomic mass is 9.88. The summed E-state index contributed by atoms with van der Waals surface area (Å²) in [6.45, 7) is 4.44. The molecule has 1 aliphatic carbocycles. The molecule has 0 saturated heterocycles. The topological polar surface area (TPSA) is 18.5 Å². The standard InChI is InChI=1S/C12H12O2/c1-8-3-2-4-9-5-11-12(6-10(8)9)14-7-13-11/h5-6H,1-4,7H2. The second-order valence-electron chi connectivity index (χ2n) is 3.82. The van der Waals surface area contributed by atoms with Crippen molar-refractivity contribution in [1.82, 2.24) is 0 Å². The van der Waals surface area contributed by atoms with E-state index in [9.17, 15) is 0 Å². The molecule has 1 aromatic carbocycles. The lowest BCUT2D eigenvalue weighted by molar-refractivity contribution is 0.174. The molecule has 3 rings (SSSR count). The van der Waals surface area contributed by atoms with Gasteiger partial charge in [-0.25, -0.2) is 0 Å². The minimum Gasteiger partial charge on any atom is -0.454 e. The van der Waals surface area contributed by atoms with Gasteiger partial charge in [-0.15, -0.1) is 0 Å². The number of rotatable bonds is 0. The molecule has 72 valence electrons. The van der Waals surface area contributed by atoms with Crippen molar-refractivity contribution in [1.29, 1.82) is 0 Å². The van der Waals surface area contributed by atoms with Gasteiger partial charge in [-0.1, -0.05) is 6.58 Å². The Balaban J connectivity index is 2.17. The summed E-state index contributed by atoms with van der Waals surface area (Å²) in [7, 11) is 0. The van der Waals surface area contributed by atoms with Crippen molar-refractivity contribution in [2.45, 2.75) is 19.3 Å². The highest BCUT2D eigenvalue weighted by Crippen LogP contribution is 2.40. The quantitative estimate of drug-likeness (QED) is 0.623. The predicted molar refractivity (Wildman–Crippen MR) is 54.5 cm³/mol. The van der Waals surface area contributed by atoms with Crippen molar-refractivity contribution in [3.8, 4) is 11.5 Å². The number of hydrogen-bond donors (Lipinski definition) is 0. The van der Waals surface area contributed by atoms with Crippen LogP contribution in [0.5, 0.6) is 11.5 Å². The Labute approximate surface area is 83.1 Å². The number of ether oxygens (including phenoxy) is 2. The molecule has 1 aromatic rings. The largest absolute Gasteiger partial charge is 0.454 e. The molecule has 0 fully saturated rings. The molecule has 0 atom stereocenters. The maximum absolute atomic E-state index is 5.35. The predicted octanol–water partition coefficient (Wildman–Crippen LogP) is 2.76. The van der Waals surface area contributed by atoms with Crippen LogP contribution >= 0.6 is 0 Å². The highest BCUT2D eigenvalue weighted by Gasteiger charge is 2.20. The number of allylic oxidation sites excluding steroid dienone is 1. The van der Waals surface area contributed by atoms with Gasteiger partial charge < -0.3 is 9.47 Å². The molecule has 0 N–H and O–H groups in total. The zero-order valence-electron chi connectivity index (χ0n) is 8.01. The van der Waals surface area contributed by atoms with E-state index in [2.05, 4.69) is 18.7 Å². The molecule has 0 bridgehead atoms. The summed E-state index contributed by atoms with van der Waals surface area (Å²) in [4.78, 5) is 0. The average Bonchev–Trinajstić information content (AvgIpc) is 2.62. The molecule has 2 heteroatoms. The SMILES string of the molecule is C=C1CCCc2cc3c(cc21)OCO3. The van der Waals surface area contributed by atoms with E-state index >= 15 is 0 Å². The second-order valence-corrected chi connectivity index (χ2v) is 3.82. The van der Waals surface area contributed by atoms with Gasteiger partial charge in [0.05, 0.1) is 0 Å². The van der Waals surface area contributed by atoms with E-state index in [1.54, 1.807) is 0 Å². The van der Waals surface area contributed by atoms with Crippen LogP contribution in [-0.2, 0) is 6.42 Å². The van der Waals surface area contributed by atoms with Crippen molar-refractivity contribution in [2.75, 3.05) is 6.79 Å². The van der Waals surface area contributed by atoms with Crippen molar-refractivity contribution < 1.29 is 9.47 Å². The van der Waals surface area contributed by atoms with Gasteiger partial charge in [0.2, 0.25) is 6.79 Å². The van der Waals surface area contributed by atoms with Crippen LogP contribution in [0, 0.1) is 0 Å². The van der Waals surface area contributed by atoms with Gasteiger partial charge in [0.15, 0.2) is 11.5 Å². The molecule has 0 spiro atoms. The molecule has 2 aliphatic rings. The van der Waals surface area contributed by atoms with Crippen LogP contribution in [0.4, 0.5) is 0 Å². The minimum atomic E-state index is 0.352. The monoisotopic (exact) mass is 188 g/mol. The fourth-order valence-corrected chi connectivity index (χ4v) is 2.15. The Morgan fingerprint density at radius 2 is 1.86 bits per heavy atom. The van der Waals surface area contributed by atoms with E-state index in [1.165, 1.54) is 23.1 Å². The van der Waals surface area contributed by atoms with E-state index in [1.807, 2.05) is 0 Å². The molecule has 1 heterocycles. The molecule has 1 aliphatic heterocycles. The second kappa shape index (κ2) is 2.77.